The van der Waals surface area contributed by atoms with E-state index in [1.807, 2.05) is 30.3 Å². The van der Waals surface area contributed by atoms with Crippen molar-refractivity contribution in [1.82, 2.24) is 9.88 Å². The zero-order valence-corrected chi connectivity index (χ0v) is 14.1. The van der Waals surface area contributed by atoms with Crippen molar-refractivity contribution in [2.45, 2.75) is 24.3 Å². The molecule has 1 N–H and O–H groups in total. The molecule has 3 heterocycles. The Morgan fingerprint density at radius 2 is 2.17 bits per heavy atom. The van der Waals surface area contributed by atoms with Crippen LogP contribution in [0.3, 0.4) is 0 Å². The van der Waals surface area contributed by atoms with Gasteiger partial charge < -0.3 is 10.0 Å². The van der Waals surface area contributed by atoms with Crippen molar-refractivity contribution in [3.8, 4) is 5.75 Å². The molecular formula is C17H16ClN3OS. The molecule has 2 aromatic rings. The van der Waals surface area contributed by atoms with Crippen LogP contribution in [0.25, 0.3) is 0 Å². The third-order valence-corrected chi connectivity index (χ3v) is 5.60. The Balaban J connectivity index is 1.79. The van der Waals surface area contributed by atoms with E-state index in [2.05, 4.69) is 16.8 Å². The highest BCUT2D eigenvalue weighted by Gasteiger charge is 2.43. The summed E-state index contributed by atoms with van der Waals surface area (Å²) >= 11 is 7.94. The van der Waals surface area contributed by atoms with Gasteiger partial charge in [0.05, 0.1) is 16.8 Å². The maximum atomic E-state index is 9.71. The van der Waals surface area contributed by atoms with Crippen LogP contribution < -0.4 is 0 Å². The van der Waals surface area contributed by atoms with Crippen molar-refractivity contribution >= 4 is 28.5 Å². The number of thioether (sulfide) groups is 1. The highest BCUT2D eigenvalue weighted by Crippen LogP contribution is 2.48. The van der Waals surface area contributed by atoms with Crippen molar-refractivity contribution in [2.75, 3.05) is 6.54 Å². The van der Waals surface area contributed by atoms with Gasteiger partial charge in [-0.2, -0.15) is 0 Å². The Morgan fingerprint density at radius 3 is 2.91 bits per heavy atom. The van der Waals surface area contributed by atoms with Crippen molar-refractivity contribution < 1.29 is 5.11 Å². The third kappa shape index (κ3) is 2.58. The number of hydrogen-bond donors (Lipinski definition) is 1. The van der Waals surface area contributed by atoms with Crippen molar-refractivity contribution in [3.05, 3.63) is 58.9 Å². The summed E-state index contributed by atoms with van der Waals surface area (Å²) in [5.41, 5.74) is 2.01. The fourth-order valence-corrected chi connectivity index (χ4v) is 4.47. The molecule has 1 saturated heterocycles. The van der Waals surface area contributed by atoms with Crippen LogP contribution in [0.15, 0.2) is 47.6 Å². The van der Waals surface area contributed by atoms with Gasteiger partial charge in [-0.3, -0.25) is 9.98 Å². The number of phenols is 1. The number of nitrogens with zero attached hydrogens (tertiary/aromatic N) is 3. The van der Waals surface area contributed by atoms with Crippen LogP contribution in [0, 0.1) is 0 Å². The molecule has 2 aliphatic heterocycles. The van der Waals surface area contributed by atoms with E-state index in [1.165, 1.54) is 0 Å². The minimum atomic E-state index is -0.0493. The van der Waals surface area contributed by atoms with E-state index in [-0.39, 0.29) is 17.8 Å². The number of aromatic nitrogens is 1. The van der Waals surface area contributed by atoms with Crippen molar-refractivity contribution in [1.29, 1.82) is 0 Å². The number of fused-ring (bicyclic) bond motifs is 1. The molecular weight excluding hydrogens is 330 g/mol. The average Bonchev–Trinajstić information content (AvgIpc) is 3.07. The molecule has 0 bridgehead atoms. The van der Waals surface area contributed by atoms with Crippen LogP contribution in [-0.2, 0) is 0 Å². The van der Waals surface area contributed by atoms with E-state index in [9.17, 15) is 5.11 Å². The van der Waals surface area contributed by atoms with E-state index in [0.29, 0.717) is 10.3 Å². The second-order valence-corrected chi connectivity index (χ2v) is 7.66. The fourth-order valence-electron chi connectivity index (χ4n) is 3.19. The molecule has 0 aliphatic carbocycles. The lowest BCUT2D eigenvalue weighted by Crippen LogP contribution is -2.28. The van der Waals surface area contributed by atoms with Crippen molar-refractivity contribution in [2.24, 2.45) is 4.99 Å². The van der Waals surface area contributed by atoms with E-state index < -0.39 is 0 Å². The number of aromatic hydroxyl groups is 1. The molecule has 0 radical (unpaired) electrons. The first kappa shape index (κ1) is 14.8. The second kappa shape index (κ2) is 5.73. The van der Waals surface area contributed by atoms with E-state index in [1.54, 1.807) is 24.0 Å². The Kier molecular flexibility index (Phi) is 3.70. The lowest BCUT2D eigenvalue weighted by molar-refractivity contribution is 0.321. The normalized spacial score (nSPS) is 26.3. The van der Waals surface area contributed by atoms with Crippen LogP contribution in [0.2, 0.25) is 5.02 Å². The van der Waals surface area contributed by atoms with Crippen LogP contribution in [0.4, 0.5) is 0 Å². The average molecular weight is 346 g/mol. The number of phenolic OH excluding ortho intramolecular Hbond substituents is 1. The van der Waals surface area contributed by atoms with Crippen LogP contribution >= 0.6 is 23.4 Å². The first-order chi connectivity index (χ1) is 11.1. The Labute approximate surface area is 144 Å². The maximum absolute atomic E-state index is 9.71. The summed E-state index contributed by atoms with van der Waals surface area (Å²) in [6.07, 6.45) is 1.80. The monoisotopic (exact) mass is 345 g/mol. The number of amidine groups is 1. The van der Waals surface area contributed by atoms with Crippen LogP contribution in [0.5, 0.6) is 5.75 Å². The van der Waals surface area contributed by atoms with Gasteiger partial charge in [0, 0.05) is 18.0 Å². The van der Waals surface area contributed by atoms with Gasteiger partial charge in [0.15, 0.2) is 5.17 Å². The third-order valence-electron chi connectivity index (χ3n) is 4.19. The molecule has 0 unspecified atom stereocenters. The van der Waals surface area contributed by atoms with Gasteiger partial charge in [-0.1, -0.05) is 42.4 Å². The summed E-state index contributed by atoms with van der Waals surface area (Å²) in [5, 5.41) is 11.7. The quantitative estimate of drug-likeness (QED) is 0.892. The molecule has 1 aromatic heterocycles. The molecule has 0 amide bonds. The zero-order valence-electron chi connectivity index (χ0n) is 12.6. The van der Waals surface area contributed by atoms with Crippen LogP contribution in [0.1, 0.15) is 30.3 Å². The predicted molar refractivity (Wildman–Crippen MR) is 94.0 cm³/mol. The smallest absolute Gasteiger partial charge is 0.160 e. The standard InChI is InChI=1S/C17H16ClN3OS/c1-10-9-21-16(11-5-6-14(22)12(18)8-11)15(20-17(21)23-10)13-4-2-3-7-19-13/h2-8,10,15-16,22H,9H2,1H3/t10-,15-,16-/m1/s1. The summed E-state index contributed by atoms with van der Waals surface area (Å²) in [7, 11) is 0. The molecule has 3 atom stereocenters. The zero-order chi connectivity index (χ0) is 16.0. The molecule has 1 fully saturated rings. The van der Waals surface area contributed by atoms with Gasteiger partial charge in [-0.25, -0.2) is 0 Å². The molecule has 0 saturated carbocycles. The van der Waals surface area contributed by atoms with Gasteiger partial charge in [0.25, 0.3) is 0 Å². The predicted octanol–water partition coefficient (Wildman–Crippen LogP) is 4.03. The SMILES string of the molecule is C[C@@H]1CN2C(=N[C@H](c3ccccn3)[C@H]2c2ccc(O)c(Cl)c2)S1. The largest absolute Gasteiger partial charge is 0.506 e. The van der Waals surface area contributed by atoms with Gasteiger partial charge in [0.1, 0.15) is 11.8 Å². The molecule has 0 spiro atoms. The first-order valence-corrected chi connectivity index (χ1v) is 8.79. The maximum Gasteiger partial charge on any atom is 0.160 e. The fraction of sp³-hybridized carbons (Fsp3) is 0.294. The number of pyridine rings is 1. The molecule has 4 rings (SSSR count). The Hall–Kier alpha value is -1.72. The summed E-state index contributed by atoms with van der Waals surface area (Å²) in [6.45, 7) is 3.16. The van der Waals surface area contributed by atoms with Gasteiger partial charge in [-0.15, -0.1) is 0 Å². The molecule has 23 heavy (non-hydrogen) atoms. The lowest BCUT2D eigenvalue weighted by Gasteiger charge is -2.27. The molecule has 2 aliphatic rings. The van der Waals surface area contributed by atoms with Gasteiger partial charge in [-0.05, 0) is 29.8 Å². The second-order valence-electron chi connectivity index (χ2n) is 5.85. The van der Waals surface area contributed by atoms with E-state index in [4.69, 9.17) is 16.6 Å². The molecule has 4 nitrogen and oxygen atoms in total. The summed E-state index contributed by atoms with van der Waals surface area (Å²) < 4.78 is 0. The minimum absolute atomic E-state index is 0.0493. The number of aliphatic imine (C=N–C) groups is 1. The topological polar surface area (TPSA) is 48.7 Å². The number of hydrogen-bond acceptors (Lipinski definition) is 5. The lowest BCUT2D eigenvalue weighted by atomic mass is 9.96. The highest BCUT2D eigenvalue weighted by atomic mass is 35.5. The van der Waals surface area contributed by atoms with Gasteiger partial charge in [0.2, 0.25) is 0 Å². The Morgan fingerprint density at radius 1 is 1.30 bits per heavy atom. The Bertz CT molecular complexity index is 768. The van der Waals surface area contributed by atoms with Crippen LogP contribution in [-0.4, -0.2) is 32.0 Å². The molecule has 1 aromatic carbocycles. The molecule has 6 heteroatoms. The van der Waals surface area contributed by atoms with Crippen molar-refractivity contribution in [3.63, 3.8) is 0 Å². The minimum Gasteiger partial charge on any atom is -0.506 e. The number of rotatable bonds is 2. The summed E-state index contributed by atoms with van der Waals surface area (Å²) in [6, 6.07) is 11.3. The number of halogens is 1. The van der Waals surface area contributed by atoms with E-state index >= 15 is 0 Å². The van der Waals surface area contributed by atoms with Gasteiger partial charge >= 0.3 is 0 Å². The summed E-state index contributed by atoms with van der Waals surface area (Å²) in [5.74, 6) is 0.105. The first-order valence-electron chi connectivity index (χ1n) is 7.54. The number of benzene rings is 1. The van der Waals surface area contributed by atoms with E-state index in [0.717, 1.165) is 23.0 Å². The molecule has 118 valence electrons. The summed E-state index contributed by atoms with van der Waals surface area (Å²) in [4.78, 5) is 11.7. The highest BCUT2D eigenvalue weighted by molar-refractivity contribution is 8.14.